The third kappa shape index (κ3) is 6.69. The van der Waals surface area contributed by atoms with Crippen molar-refractivity contribution in [2.75, 3.05) is 32.7 Å². The summed E-state index contributed by atoms with van der Waals surface area (Å²) < 4.78 is 0. The summed E-state index contributed by atoms with van der Waals surface area (Å²) in [6, 6.07) is 0.534. The first-order chi connectivity index (χ1) is 17.3. The molecule has 1 aliphatic carbocycles. The predicted octanol–water partition coefficient (Wildman–Crippen LogP) is 7.18. The van der Waals surface area contributed by atoms with Gasteiger partial charge in [-0.15, -0.1) is 0 Å². The van der Waals surface area contributed by atoms with Gasteiger partial charge in [0.15, 0.2) is 0 Å². The van der Waals surface area contributed by atoms with Crippen LogP contribution in [0.3, 0.4) is 0 Å². The largest absolute Gasteiger partial charge is 0.299 e. The van der Waals surface area contributed by atoms with Gasteiger partial charge in [-0.3, -0.25) is 14.6 Å². The Morgan fingerprint density at radius 2 is 1.46 bits per heavy atom. The van der Waals surface area contributed by atoms with Gasteiger partial charge in [0.05, 0.1) is 0 Å². The van der Waals surface area contributed by atoms with Crippen molar-refractivity contribution < 1.29 is 4.79 Å². The number of Topliss-reactive ketones (excluding diaryl/α,β-unsaturated/α-hetero) is 1. The second-order valence-corrected chi connectivity index (χ2v) is 12.6. The van der Waals surface area contributed by atoms with Crippen molar-refractivity contribution in [2.45, 2.75) is 115 Å². The van der Waals surface area contributed by atoms with Crippen LogP contribution in [0.1, 0.15) is 109 Å². The maximum atomic E-state index is 13.3. The zero-order valence-corrected chi connectivity index (χ0v) is 22.5. The maximum Gasteiger partial charge on any atom is 0.138 e. The number of carbonyl (C=O) groups is 1. The van der Waals surface area contributed by atoms with Gasteiger partial charge in [-0.25, -0.2) is 0 Å². The first kappa shape index (κ1) is 25.7. The fourth-order valence-electron chi connectivity index (χ4n) is 8.45. The molecule has 196 valence electrons. The van der Waals surface area contributed by atoms with E-state index in [0.29, 0.717) is 23.7 Å². The Balaban J connectivity index is 1.45. The van der Waals surface area contributed by atoms with Crippen LogP contribution in [0.2, 0.25) is 0 Å². The number of piperidine rings is 2. The molecule has 2 fully saturated rings. The number of hydrogen-bond acceptors (Lipinski definition) is 3. The highest BCUT2D eigenvalue weighted by Crippen LogP contribution is 2.45. The number of hydrogen-bond donors (Lipinski definition) is 0. The lowest BCUT2D eigenvalue weighted by molar-refractivity contribution is -0.135. The number of carbonyl (C=O) groups excluding carboxylic acids is 1. The van der Waals surface area contributed by atoms with E-state index < -0.39 is 0 Å². The van der Waals surface area contributed by atoms with Crippen LogP contribution >= 0.6 is 0 Å². The van der Waals surface area contributed by atoms with Crippen molar-refractivity contribution in [3.63, 3.8) is 0 Å². The highest BCUT2D eigenvalue weighted by molar-refractivity contribution is 5.82. The van der Waals surface area contributed by atoms with E-state index in [1.807, 2.05) is 0 Å². The number of nitrogens with zero attached hydrogens (tertiary/aromatic N) is 2. The minimum Gasteiger partial charge on any atom is -0.299 e. The summed E-state index contributed by atoms with van der Waals surface area (Å²) in [7, 11) is 0. The van der Waals surface area contributed by atoms with Crippen LogP contribution in [0.4, 0.5) is 0 Å². The molecule has 0 amide bonds. The SMILES string of the molecule is O=C1CCN2CCC3C4C=C5CCCCCCCC1C2C3CCCCCCC=CCCCN(C5)C4. The molecule has 35 heavy (non-hydrogen) atoms. The highest BCUT2D eigenvalue weighted by atomic mass is 16.1. The molecule has 3 nitrogen and oxygen atoms in total. The highest BCUT2D eigenvalue weighted by Gasteiger charge is 2.48. The standard InChI is InChI=1S/C32H52N2O/c35-31-19-22-34-21-18-28-27-23-26-15-11-7-6-9-13-17-30(31)32(34)29(28)16-12-8-4-2-1-3-5-10-14-20-33(24-26)25-27/h3,5,23,27-30,32H,1-2,4,6-22,24-25H2. The second-order valence-electron chi connectivity index (χ2n) is 12.6. The van der Waals surface area contributed by atoms with Gasteiger partial charge in [0.2, 0.25) is 0 Å². The molecule has 4 aliphatic heterocycles. The lowest BCUT2D eigenvalue weighted by atomic mass is 9.64. The fraction of sp³-hybridized carbons (Fsp3) is 0.844. The molecule has 6 unspecified atom stereocenters. The van der Waals surface area contributed by atoms with Gasteiger partial charge in [-0.2, -0.15) is 0 Å². The molecule has 0 spiro atoms. The molecule has 2 saturated heterocycles. The molecule has 6 atom stereocenters. The molecular formula is C32H52N2O. The quantitative estimate of drug-likeness (QED) is 0.343. The Hall–Kier alpha value is -0.930. The van der Waals surface area contributed by atoms with Crippen molar-refractivity contribution in [1.82, 2.24) is 9.80 Å². The number of allylic oxidation sites excluding steroid dienone is 2. The normalized spacial score (nSPS) is 38.6. The van der Waals surface area contributed by atoms with E-state index in [4.69, 9.17) is 0 Å². The Bertz CT molecular complexity index is 742. The molecule has 5 rings (SSSR count). The summed E-state index contributed by atoms with van der Waals surface area (Å²) in [5.41, 5.74) is 1.74. The topological polar surface area (TPSA) is 23.6 Å². The summed E-state index contributed by atoms with van der Waals surface area (Å²) in [6.45, 7) is 6.01. The van der Waals surface area contributed by atoms with Crippen molar-refractivity contribution >= 4 is 5.78 Å². The number of rotatable bonds is 0. The molecule has 0 aromatic carbocycles. The van der Waals surface area contributed by atoms with Gasteiger partial charge < -0.3 is 0 Å². The molecule has 0 radical (unpaired) electrons. The number of fused-ring (bicyclic) bond motifs is 1. The summed E-state index contributed by atoms with van der Waals surface area (Å²) in [5.74, 6) is 3.13. The average molecular weight is 481 g/mol. The molecule has 6 bridgehead atoms. The summed E-state index contributed by atoms with van der Waals surface area (Å²) >= 11 is 0. The zero-order chi connectivity index (χ0) is 23.9. The third-order valence-electron chi connectivity index (χ3n) is 10.2. The molecular weight excluding hydrogens is 428 g/mol. The third-order valence-corrected chi connectivity index (χ3v) is 10.2. The van der Waals surface area contributed by atoms with Crippen molar-refractivity contribution in [3.05, 3.63) is 23.8 Å². The fourth-order valence-corrected chi connectivity index (χ4v) is 8.45. The van der Waals surface area contributed by atoms with E-state index >= 15 is 0 Å². The van der Waals surface area contributed by atoms with Crippen LogP contribution in [0.5, 0.6) is 0 Å². The van der Waals surface area contributed by atoms with E-state index in [1.165, 1.54) is 122 Å². The average Bonchev–Trinajstić information content (AvgIpc) is 2.86. The van der Waals surface area contributed by atoms with E-state index in [0.717, 1.165) is 31.2 Å². The summed E-state index contributed by atoms with van der Waals surface area (Å²) in [5, 5.41) is 0. The summed E-state index contributed by atoms with van der Waals surface area (Å²) in [4.78, 5) is 19.0. The Kier molecular flexibility index (Phi) is 9.58. The maximum absolute atomic E-state index is 13.3. The molecule has 0 aromatic heterocycles. The van der Waals surface area contributed by atoms with Crippen LogP contribution in [0.25, 0.3) is 0 Å². The van der Waals surface area contributed by atoms with E-state index in [9.17, 15) is 4.79 Å². The van der Waals surface area contributed by atoms with E-state index in [-0.39, 0.29) is 0 Å². The molecule has 0 N–H and O–H groups in total. The van der Waals surface area contributed by atoms with Gasteiger partial charge in [0.1, 0.15) is 5.78 Å². The molecule has 0 saturated carbocycles. The predicted molar refractivity (Wildman–Crippen MR) is 146 cm³/mol. The van der Waals surface area contributed by atoms with Crippen molar-refractivity contribution in [3.8, 4) is 0 Å². The Labute approximate surface area is 215 Å². The van der Waals surface area contributed by atoms with E-state index in [1.54, 1.807) is 5.57 Å². The second kappa shape index (κ2) is 13.0. The van der Waals surface area contributed by atoms with Crippen LogP contribution in [-0.4, -0.2) is 54.3 Å². The van der Waals surface area contributed by atoms with Crippen LogP contribution < -0.4 is 0 Å². The van der Waals surface area contributed by atoms with Crippen LogP contribution in [-0.2, 0) is 4.79 Å². The van der Waals surface area contributed by atoms with Gasteiger partial charge in [-0.05, 0) is 88.6 Å². The van der Waals surface area contributed by atoms with E-state index in [2.05, 4.69) is 28.0 Å². The monoisotopic (exact) mass is 480 g/mol. The van der Waals surface area contributed by atoms with Crippen LogP contribution in [0.15, 0.2) is 23.8 Å². The van der Waals surface area contributed by atoms with Gasteiger partial charge in [0, 0.05) is 38.0 Å². The van der Waals surface area contributed by atoms with Crippen LogP contribution in [0, 0.1) is 23.7 Å². The molecule has 3 heteroatoms. The lowest BCUT2D eigenvalue weighted by Crippen LogP contribution is -2.59. The minimum absolute atomic E-state index is 0.318. The molecule has 5 aliphatic rings. The van der Waals surface area contributed by atoms with Gasteiger partial charge >= 0.3 is 0 Å². The van der Waals surface area contributed by atoms with Gasteiger partial charge in [-0.1, -0.05) is 68.7 Å². The lowest BCUT2D eigenvalue weighted by Gasteiger charge is -2.53. The number of ketones is 1. The Morgan fingerprint density at radius 1 is 0.686 bits per heavy atom. The first-order valence-corrected chi connectivity index (χ1v) is 15.6. The minimum atomic E-state index is 0.318. The van der Waals surface area contributed by atoms with Crippen molar-refractivity contribution in [1.29, 1.82) is 0 Å². The zero-order valence-electron chi connectivity index (χ0n) is 22.5. The van der Waals surface area contributed by atoms with Gasteiger partial charge in [0.25, 0.3) is 0 Å². The first-order valence-electron chi connectivity index (χ1n) is 15.6. The van der Waals surface area contributed by atoms with Crippen molar-refractivity contribution in [2.24, 2.45) is 23.7 Å². The molecule has 0 aromatic rings. The molecule has 4 heterocycles. The Morgan fingerprint density at radius 3 is 2.37 bits per heavy atom. The smallest absolute Gasteiger partial charge is 0.138 e. The summed E-state index contributed by atoms with van der Waals surface area (Å²) in [6.07, 6.45) is 29.6.